The highest BCUT2D eigenvalue weighted by molar-refractivity contribution is 5.93. The molecule has 27 heavy (non-hydrogen) atoms. The summed E-state index contributed by atoms with van der Waals surface area (Å²) in [5, 5.41) is 13.2. The molecule has 0 aliphatic carbocycles. The maximum absolute atomic E-state index is 12.5. The number of carbonyl (C=O) groups is 3. The molecule has 3 amide bonds. The van der Waals surface area contributed by atoms with Gasteiger partial charge >= 0.3 is 12.0 Å². The molecule has 2 aliphatic heterocycles. The third kappa shape index (κ3) is 3.37. The zero-order chi connectivity index (χ0) is 19.6. The van der Waals surface area contributed by atoms with Gasteiger partial charge in [-0.2, -0.15) is 0 Å². The van der Waals surface area contributed by atoms with Gasteiger partial charge in [-0.05, 0) is 31.9 Å². The lowest BCUT2D eigenvalue weighted by Crippen LogP contribution is -2.58. The van der Waals surface area contributed by atoms with Crippen molar-refractivity contribution in [1.82, 2.24) is 9.80 Å². The van der Waals surface area contributed by atoms with Crippen molar-refractivity contribution in [2.75, 3.05) is 32.1 Å². The quantitative estimate of drug-likeness (QED) is 0.770. The highest BCUT2D eigenvalue weighted by Crippen LogP contribution is 2.43. The van der Waals surface area contributed by atoms with Gasteiger partial charge in [0.05, 0.1) is 12.1 Å². The summed E-state index contributed by atoms with van der Waals surface area (Å²) in [4.78, 5) is 40.4. The Morgan fingerprint density at radius 2 is 1.89 bits per heavy atom. The van der Waals surface area contributed by atoms with E-state index < -0.39 is 29.4 Å². The smallest absolute Gasteiger partial charge is 0.321 e. The monoisotopic (exact) mass is 375 g/mol. The topological polar surface area (TPSA) is 99.2 Å². The minimum Gasteiger partial charge on any atom is -0.466 e. The average Bonchev–Trinajstić information content (AvgIpc) is 2.84. The van der Waals surface area contributed by atoms with Crippen molar-refractivity contribution in [2.24, 2.45) is 5.92 Å². The number of ether oxygens (including phenoxy) is 1. The van der Waals surface area contributed by atoms with Crippen LogP contribution in [0.1, 0.15) is 19.8 Å². The molecule has 0 unspecified atom stereocenters. The van der Waals surface area contributed by atoms with Gasteiger partial charge in [-0.25, -0.2) is 4.79 Å². The van der Waals surface area contributed by atoms with Gasteiger partial charge in [0.15, 0.2) is 0 Å². The summed E-state index contributed by atoms with van der Waals surface area (Å²) in [5.74, 6) is -1.98. The zero-order valence-corrected chi connectivity index (χ0v) is 15.6. The molecule has 8 heteroatoms. The predicted octanol–water partition coefficient (Wildman–Crippen LogP) is 1.07. The molecule has 1 aromatic rings. The van der Waals surface area contributed by atoms with E-state index in [1.54, 1.807) is 31.0 Å². The van der Waals surface area contributed by atoms with Crippen LogP contribution in [0, 0.1) is 5.92 Å². The Balaban J connectivity index is 1.72. The first-order chi connectivity index (χ1) is 12.9. The number of piperidine rings is 1. The van der Waals surface area contributed by atoms with E-state index in [9.17, 15) is 19.5 Å². The van der Waals surface area contributed by atoms with Crippen LogP contribution in [-0.4, -0.2) is 71.2 Å². The zero-order valence-electron chi connectivity index (χ0n) is 15.6. The van der Waals surface area contributed by atoms with Crippen LogP contribution in [0.5, 0.6) is 0 Å². The summed E-state index contributed by atoms with van der Waals surface area (Å²) in [7, 11) is 1.60. The molecule has 0 aromatic heterocycles. The number of likely N-dealkylation sites (tertiary alicyclic amines) is 2. The lowest BCUT2D eigenvalue weighted by Gasteiger charge is -2.45. The van der Waals surface area contributed by atoms with Crippen molar-refractivity contribution in [3.63, 3.8) is 0 Å². The molecule has 8 nitrogen and oxygen atoms in total. The molecule has 0 radical (unpaired) electrons. The minimum atomic E-state index is -1.40. The number of nitrogens with one attached hydrogen (secondary N) is 1. The van der Waals surface area contributed by atoms with Crippen LogP contribution in [0.3, 0.4) is 0 Å². The number of esters is 1. The highest BCUT2D eigenvalue weighted by Gasteiger charge is 2.61. The largest absolute Gasteiger partial charge is 0.466 e. The fraction of sp³-hybridized carbons (Fsp3) is 0.526. The molecular weight excluding hydrogens is 350 g/mol. The molecular formula is C19H25N3O5. The number of amides is 3. The predicted molar refractivity (Wildman–Crippen MR) is 97.9 cm³/mol. The van der Waals surface area contributed by atoms with Gasteiger partial charge in [0.25, 0.3) is 5.91 Å². The van der Waals surface area contributed by atoms with Crippen molar-refractivity contribution in [3.8, 4) is 0 Å². The van der Waals surface area contributed by atoms with Crippen LogP contribution < -0.4 is 5.32 Å². The number of carbonyl (C=O) groups excluding carboxylic acids is 3. The molecule has 2 fully saturated rings. The van der Waals surface area contributed by atoms with E-state index in [1.165, 1.54) is 4.90 Å². The Hall–Kier alpha value is -2.61. The summed E-state index contributed by atoms with van der Waals surface area (Å²) >= 11 is 0. The summed E-state index contributed by atoms with van der Waals surface area (Å²) in [6.45, 7) is 2.62. The second-order valence-electron chi connectivity index (χ2n) is 6.96. The standard InChI is InChI=1S/C19H25N3O5/c1-3-27-17(25)14-15(23)16(24)21(2)19(14)9-11-22(12-10-19)18(26)20-13-7-5-4-6-8-13/h4-8,14-15,23H,3,9-12H2,1-2H3,(H,20,26)/t14-,15-/m1/s1. The van der Waals surface area contributed by atoms with Gasteiger partial charge in [-0.15, -0.1) is 0 Å². The Labute approximate surface area is 158 Å². The van der Waals surface area contributed by atoms with E-state index in [0.717, 1.165) is 0 Å². The van der Waals surface area contributed by atoms with Crippen LogP contribution in [0.4, 0.5) is 10.5 Å². The van der Waals surface area contributed by atoms with Gasteiger partial charge in [-0.3, -0.25) is 9.59 Å². The Morgan fingerprint density at radius 3 is 2.48 bits per heavy atom. The van der Waals surface area contributed by atoms with E-state index >= 15 is 0 Å². The first-order valence-electron chi connectivity index (χ1n) is 9.14. The molecule has 1 spiro atoms. The molecule has 146 valence electrons. The van der Waals surface area contributed by atoms with E-state index in [0.29, 0.717) is 31.6 Å². The highest BCUT2D eigenvalue weighted by atomic mass is 16.5. The second-order valence-corrected chi connectivity index (χ2v) is 6.96. The van der Waals surface area contributed by atoms with E-state index in [1.807, 2.05) is 18.2 Å². The molecule has 2 atom stereocenters. The Morgan fingerprint density at radius 1 is 1.26 bits per heavy atom. The molecule has 1 aromatic carbocycles. The van der Waals surface area contributed by atoms with Crippen LogP contribution in [0.2, 0.25) is 0 Å². The third-order valence-electron chi connectivity index (χ3n) is 5.63. The van der Waals surface area contributed by atoms with Gasteiger partial charge < -0.3 is 25.0 Å². The maximum atomic E-state index is 12.5. The molecule has 3 rings (SSSR count). The Kier molecular flexibility index (Phi) is 5.36. The fourth-order valence-electron chi connectivity index (χ4n) is 4.11. The third-order valence-corrected chi connectivity index (χ3v) is 5.63. The molecule has 2 N–H and O–H groups in total. The molecule has 0 saturated carbocycles. The maximum Gasteiger partial charge on any atom is 0.321 e. The lowest BCUT2D eigenvalue weighted by molar-refractivity contribution is -0.155. The van der Waals surface area contributed by atoms with Crippen molar-refractivity contribution >= 4 is 23.6 Å². The van der Waals surface area contributed by atoms with E-state index in [-0.39, 0.29) is 12.6 Å². The van der Waals surface area contributed by atoms with Crippen LogP contribution in [-0.2, 0) is 14.3 Å². The molecule has 2 aliphatic rings. The molecule has 0 bridgehead atoms. The first-order valence-corrected chi connectivity index (χ1v) is 9.14. The number of nitrogens with zero attached hydrogens (tertiary/aromatic N) is 2. The number of aliphatic hydroxyl groups is 1. The lowest BCUT2D eigenvalue weighted by atomic mass is 9.76. The molecule has 2 heterocycles. The first kappa shape index (κ1) is 19.2. The van der Waals surface area contributed by atoms with Gasteiger partial charge in [0.2, 0.25) is 0 Å². The Bertz CT molecular complexity index is 715. The average molecular weight is 375 g/mol. The fourth-order valence-corrected chi connectivity index (χ4v) is 4.11. The number of rotatable bonds is 3. The molecule has 2 saturated heterocycles. The second kappa shape index (κ2) is 7.56. The summed E-state index contributed by atoms with van der Waals surface area (Å²) in [6, 6.07) is 8.93. The minimum absolute atomic E-state index is 0.182. The van der Waals surface area contributed by atoms with Crippen molar-refractivity contribution in [1.29, 1.82) is 0 Å². The van der Waals surface area contributed by atoms with Gasteiger partial charge in [0, 0.05) is 25.8 Å². The van der Waals surface area contributed by atoms with Crippen LogP contribution in [0.15, 0.2) is 30.3 Å². The normalized spacial score (nSPS) is 24.2. The van der Waals surface area contributed by atoms with E-state index in [2.05, 4.69) is 5.32 Å². The summed E-state index contributed by atoms with van der Waals surface area (Å²) < 4.78 is 5.10. The van der Waals surface area contributed by atoms with Crippen molar-refractivity contribution in [3.05, 3.63) is 30.3 Å². The van der Waals surface area contributed by atoms with E-state index in [4.69, 9.17) is 4.74 Å². The summed E-state index contributed by atoms with van der Waals surface area (Å²) in [5.41, 5.74) is -0.123. The van der Waals surface area contributed by atoms with Gasteiger partial charge in [0.1, 0.15) is 12.0 Å². The van der Waals surface area contributed by atoms with Crippen LogP contribution in [0.25, 0.3) is 0 Å². The van der Waals surface area contributed by atoms with Crippen molar-refractivity contribution in [2.45, 2.75) is 31.4 Å². The SMILES string of the molecule is CCOC(=O)[C@H]1[C@@H](O)C(=O)N(C)C12CCN(C(=O)Nc1ccccc1)CC2. The van der Waals surface area contributed by atoms with Gasteiger partial charge in [-0.1, -0.05) is 18.2 Å². The number of urea groups is 1. The number of anilines is 1. The number of hydrogen-bond acceptors (Lipinski definition) is 5. The van der Waals surface area contributed by atoms with Crippen molar-refractivity contribution < 1.29 is 24.2 Å². The summed E-state index contributed by atoms with van der Waals surface area (Å²) in [6.07, 6.45) is -0.602. The number of aliphatic hydroxyl groups excluding tert-OH is 1. The van der Waals surface area contributed by atoms with Crippen LogP contribution >= 0.6 is 0 Å². The number of para-hydroxylation sites is 1. The number of likely N-dealkylation sites (N-methyl/N-ethyl adjacent to an activating group) is 1. The number of hydrogen-bond donors (Lipinski definition) is 2. The number of benzene rings is 1.